The van der Waals surface area contributed by atoms with Crippen LogP contribution in [0.4, 0.5) is 0 Å². The number of hydrogen-bond acceptors (Lipinski definition) is 4. The number of sulfonamides is 1. The first-order valence-electron chi connectivity index (χ1n) is 5.80. The van der Waals surface area contributed by atoms with Gasteiger partial charge in [-0.1, -0.05) is 32.4 Å². The molecule has 0 heterocycles. The third kappa shape index (κ3) is 4.04. The Balaban J connectivity index is 2.96. The van der Waals surface area contributed by atoms with Crippen molar-refractivity contribution in [3.05, 3.63) is 28.8 Å². The summed E-state index contributed by atoms with van der Waals surface area (Å²) in [4.78, 5) is 11.6. The van der Waals surface area contributed by atoms with E-state index in [0.717, 1.165) is 0 Å². The molecule has 0 aromatic heterocycles. The molecular weight excluding hydrogens is 300 g/mol. The molecule has 0 saturated carbocycles. The molecule has 108 valence electrons. The predicted molar refractivity (Wildman–Crippen MR) is 75.8 cm³/mol. The Morgan fingerprint density at radius 1 is 1.40 bits per heavy atom. The zero-order valence-electron chi connectivity index (χ0n) is 11.4. The van der Waals surface area contributed by atoms with Crippen molar-refractivity contribution in [3.8, 4) is 6.07 Å². The maximum atomic E-state index is 12.1. The van der Waals surface area contributed by atoms with E-state index in [4.69, 9.17) is 16.9 Å². The Labute approximate surface area is 123 Å². The third-order valence-electron chi connectivity index (χ3n) is 2.61. The fourth-order valence-corrected chi connectivity index (χ4v) is 2.82. The van der Waals surface area contributed by atoms with Crippen molar-refractivity contribution < 1.29 is 13.2 Å². The fourth-order valence-electron chi connectivity index (χ4n) is 1.29. The number of Topliss-reactive ketones (excluding diaryl/α,β-unsaturated/α-hetero) is 1. The maximum Gasteiger partial charge on any atom is 0.242 e. The minimum absolute atomic E-state index is 0.0558. The van der Waals surface area contributed by atoms with Crippen LogP contribution in [0.15, 0.2) is 23.1 Å². The van der Waals surface area contributed by atoms with E-state index in [9.17, 15) is 13.2 Å². The Bertz CT molecular complexity index is 670. The van der Waals surface area contributed by atoms with Crippen LogP contribution in [-0.2, 0) is 14.8 Å². The van der Waals surface area contributed by atoms with Gasteiger partial charge < -0.3 is 0 Å². The molecule has 1 rings (SSSR count). The van der Waals surface area contributed by atoms with Gasteiger partial charge in [-0.3, -0.25) is 4.79 Å². The smallest absolute Gasteiger partial charge is 0.242 e. The summed E-state index contributed by atoms with van der Waals surface area (Å²) in [6.07, 6.45) is 0. The van der Waals surface area contributed by atoms with Crippen LogP contribution >= 0.6 is 11.6 Å². The van der Waals surface area contributed by atoms with E-state index < -0.39 is 15.4 Å². The first kappa shape index (κ1) is 16.6. The number of rotatable bonds is 4. The van der Waals surface area contributed by atoms with Crippen LogP contribution in [0.3, 0.4) is 0 Å². The number of carbonyl (C=O) groups is 1. The maximum absolute atomic E-state index is 12.1. The molecule has 0 aliphatic carbocycles. The summed E-state index contributed by atoms with van der Waals surface area (Å²) >= 11 is 5.84. The average molecular weight is 315 g/mol. The number of carbonyl (C=O) groups excluding carboxylic acids is 1. The Hall–Kier alpha value is -1.42. The van der Waals surface area contributed by atoms with Gasteiger partial charge in [-0.05, 0) is 18.2 Å². The first-order valence-corrected chi connectivity index (χ1v) is 7.66. The van der Waals surface area contributed by atoms with Crippen LogP contribution in [0.1, 0.15) is 26.3 Å². The van der Waals surface area contributed by atoms with Crippen LogP contribution in [0, 0.1) is 16.7 Å². The van der Waals surface area contributed by atoms with Gasteiger partial charge >= 0.3 is 0 Å². The normalized spacial score (nSPS) is 11.9. The van der Waals surface area contributed by atoms with Crippen molar-refractivity contribution >= 4 is 27.4 Å². The molecule has 20 heavy (non-hydrogen) atoms. The van der Waals surface area contributed by atoms with Crippen molar-refractivity contribution in [1.29, 1.82) is 5.26 Å². The summed E-state index contributed by atoms with van der Waals surface area (Å²) in [5.74, 6) is -0.231. The molecule has 1 aromatic rings. The highest BCUT2D eigenvalue weighted by atomic mass is 35.5. The summed E-state index contributed by atoms with van der Waals surface area (Å²) in [5.41, 5.74) is -0.364. The molecule has 7 heteroatoms. The number of nitrogens with one attached hydrogen (secondary N) is 1. The molecule has 0 aliphatic heterocycles. The molecule has 0 bridgehead atoms. The monoisotopic (exact) mass is 314 g/mol. The quantitative estimate of drug-likeness (QED) is 0.922. The molecule has 0 radical (unpaired) electrons. The highest BCUT2D eigenvalue weighted by Crippen LogP contribution is 2.22. The highest BCUT2D eigenvalue weighted by molar-refractivity contribution is 7.89. The second-order valence-electron chi connectivity index (χ2n) is 5.25. The van der Waals surface area contributed by atoms with Gasteiger partial charge in [-0.25, -0.2) is 13.1 Å². The molecule has 0 amide bonds. The predicted octanol–water partition coefficient (Wildman–Crippen LogP) is 2.11. The summed E-state index contributed by atoms with van der Waals surface area (Å²) in [6, 6.07) is 5.72. The summed E-state index contributed by atoms with van der Waals surface area (Å²) in [5, 5.41) is 8.65. The zero-order valence-corrected chi connectivity index (χ0v) is 13.0. The van der Waals surface area contributed by atoms with Crippen molar-refractivity contribution in [2.24, 2.45) is 5.41 Å². The molecular formula is C13H15ClN2O3S. The molecule has 0 fully saturated rings. The number of hydrogen-bond donors (Lipinski definition) is 1. The lowest BCUT2D eigenvalue weighted by Crippen LogP contribution is -2.35. The lowest BCUT2D eigenvalue weighted by atomic mass is 9.91. The average Bonchev–Trinajstić information content (AvgIpc) is 2.34. The second-order valence-corrected chi connectivity index (χ2v) is 7.40. The third-order valence-corrected chi connectivity index (χ3v) is 4.49. The largest absolute Gasteiger partial charge is 0.298 e. The lowest BCUT2D eigenvalue weighted by Gasteiger charge is -2.17. The van der Waals surface area contributed by atoms with Gasteiger partial charge in [0, 0.05) is 5.41 Å². The van der Waals surface area contributed by atoms with Gasteiger partial charge in [0.05, 0.1) is 23.2 Å². The molecule has 0 spiro atoms. The topological polar surface area (TPSA) is 87.0 Å². The van der Waals surface area contributed by atoms with Crippen molar-refractivity contribution in [1.82, 2.24) is 4.72 Å². The van der Waals surface area contributed by atoms with E-state index >= 15 is 0 Å². The fraction of sp³-hybridized carbons (Fsp3) is 0.385. The minimum atomic E-state index is -3.88. The summed E-state index contributed by atoms with van der Waals surface area (Å²) in [6.45, 7) is 4.82. The Morgan fingerprint density at radius 2 is 2.00 bits per heavy atom. The van der Waals surface area contributed by atoms with Gasteiger partial charge in [0.25, 0.3) is 0 Å². The number of halogens is 1. The highest BCUT2D eigenvalue weighted by Gasteiger charge is 2.24. The zero-order chi connectivity index (χ0) is 15.6. The Morgan fingerprint density at radius 3 is 2.45 bits per heavy atom. The van der Waals surface area contributed by atoms with E-state index in [1.54, 1.807) is 20.8 Å². The van der Waals surface area contributed by atoms with Crippen LogP contribution in [0.5, 0.6) is 0 Å². The minimum Gasteiger partial charge on any atom is -0.298 e. The van der Waals surface area contributed by atoms with Gasteiger partial charge in [0.2, 0.25) is 10.0 Å². The molecule has 0 unspecified atom stereocenters. The summed E-state index contributed by atoms with van der Waals surface area (Å²) < 4.78 is 26.3. The molecule has 0 atom stereocenters. The molecule has 0 saturated heterocycles. The van der Waals surface area contributed by atoms with Crippen molar-refractivity contribution in [2.45, 2.75) is 25.7 Å². The van der Waals surface area contributed by atoms with Crippen molar-refractivity contribution in [3.63, 3.8) is 0 Å². The van der Waals surface area contributed by atoms with Gasteiger partial charge in [-0.2, -0.15) is 5.26 Å². The standard InChI is InChI=1S/C13H15ClN2O3S/c1-13(2,3)12(17)8-16-20(18,19)11-5-4-9(7-15)6-10(11)14/h4-6,16H,8H2,1-3H3. The number of benzene rings is 1. The van der Waals surface area contributed by atoms with Crippen LogP contribution in [-0.4, -0.2) is 20.7 Å². The number of ketones is 1. The van der Waals surface area contributed by atoms with E-state index in [0.29, 0.717) is 0 Å². The van der Waals surface area contributed by atoms with E-state index in [1.165, 1.54) is 18.2 Å². The van der Waals surface area contributed by atoms with Crippen LogP contribution < -0.4 is 4.72 Å². The molecule has 5 nitrogen and oxygen atoms in total. The SMILES string of the molecule is CC(C)(C)C(=O)CNS(=O)(=O)c1ccc(C#N)cc1Cl. The lowest BCUT2D eigenvalue weighted by molar-refractivity contribution is -0.125. The second kappa shape index (κ2) is 5.92. The van der Waals surface area contributed by atoms with Gasteiger partial charge in [-0.15, -0.1) is 0 Å². The van der Waals surface area contributed by atoms with Crippen LogP contribution in [0.25, 0.3) is 0 Å². The summed E-state index contributed by atoms with van der Waals surface area (Å²) in [7, 11) is -3.88. The van der Waals surface area contributed by atoms with Crippen LogP contribution in [0.2, 0.25) is 5.02 Å². The van der Waals surface area contributed by atoms with Crippen molar-refractivity contribution in [2.75, 3.05) is 6.54 Å². The molecule has 1 aromatic carbocycles. The van der Waals surface area contributed by atoms with Gasteiger partial charge in [0.1, 0.15) is 4.90 Å². The Kier molecular flexibility index (Phi) is 4.92. The van der Waals surface area contributed by atoms with E-state index in [2.05, 4.69) is 4.72 Å². The van der Waals surface area contributed by atoms with E-state index in [-0.39, 0.29) is 27.8 Å². The number of nitrogens with zero attached hydrogens (tertiary/aromatic N) is 1. The van der Waals surface area contributed by atoms with E-state index in [1.807, 2.05) is 6.07 Å². The van der Waals surface area contributed by atoms with Gasteiger partial charge in [0.15, 0.2) is 5.78 Å². The first-order chi connectivity index (χ1) is 9.08. The molecule has 1 N–H and O–H groups in total. The molecule has 0 aliphatic rings. The number of nitriles is 1.